The molecule has 4 nitrogen and oxygen atoms in total. The maximum atomic E-state index is 10.7. The van der Waals surface area contributed by atoms with Crippen LogP contribution in [0.4, 0.5) is 0 Å². The molecule has 0 aliphatic rings. The molecule has 86 valence electrons. The van der Waals surface area contributed by atoms with Crippen LogP contribution in [0.1, 0.15) is 18.1 Å². The van der Waals surface area contributed by atoms with Crippen LogP contribution in [0.3, 0.4) is 0 Å². The van der Waals surface area contributed by atoms with Gasteiger partial charge < -0.3 is 5.32 Å². The van der Waals surface area contributed by atoms with Crippen molar-refractivity contribution < 1.29 is 4.79 Å². The number of nitrogens with one attached hydrogen (secondary N) is 2. The van der Waals surface area contributed by atoms with E-state index in [1.807, 2.05) is 19.1 Å². The number of H-pyrrole nitrogens is 1. The molecule has 1 heterocycles. The SMILES string of the molecule is CC(=O)NCC#Cc1cc2cn[nH]c2cc1C. The Labute approximate surface area is 99.4 Å². The summed E-state index contributed by atoms with van der Waals surface area (Å²) in [6.07, 6.45) is 1.77. The van der Waals surface area contributed by atoms with Crippen LogP contribution in [0.5, 0.6) is 0 Å². The summed E-state index contributed by atoms with van der Waals surface area (Å²) in [7, 11) is 0. The summed E-state index contributed by atoms with van der Waals surface area (Å²) in [6.45, 7) is 3.85. The van der Waals surface area contributed by atoms with Crippen molar-refractivity contribution in [2.45, 2.75) is 13.8 Å². The van der Waals surface area contributed by atoms with Crippen LogP contribution in [0.2, 0.25) is 0 Å². The number of carbonyl (C=O) groups is 1. The van der Waals surface area contributed by atoms with Gasteiger partial charge in [0, 0.05) is 17.9 Å². The predicted octanol–water partition coefficient (Wildman–Crippen LogP) is 1.36. The molecule has 2 aromatic rings. The third-order valence-electron chi connectivity index (χ3n) is 2.43. The lowest BCUT2D eigenvalue weighted by Gasteiger charge is -1.98. The number of rotatable bonds is 1. The van der Waals surface area contributed by atoms with Crippen molar-refractivity contribution in [2.75, 3.05) is 6.54 Å². The number of aromatic amines is 1. The Kier molecular flexibility index (Phi) is 3.10. The van der Waals surface area contributed by atoms with Gasteiger partial charge in [-0.2, -0.15) is 5.10 Å². The van der Waals surface area contributed by atoms with Crippen LogP contribution in [-0.2, 0) is 4.79 Å². The zero-order chi connectivity index (χ0) is 12.3. The molecular formula is C13H13N3O. The fourth-order valence-corrected chi connectivity index (χ4v) is 1.54. The van der Waals surface area contributed by atoms with Crippen LogP contribution >= 0.6 is 0 Å². The summed E-state index contributed by atoms with van der Waals surface area (Å²) in [5.41, 5.74) is 3.07. The topological polar surface area (TPSA) is 57.8 Å². The molecule has 0 fully saturated rings. The van der Waals surface area contributed by atoms with Gasteiger partial charge in [-0.15, -0.1) is 0 Å². The zero-order valence-electron chi connectivity index (χ0n) is 9.79. The molecule has 0 saturated carbocycles. The van der Waals surface area contributed by atoms with Crippen molar-refractivity contribution >= 4 is 16.8 Å². The van der Waals surface area contributed by atoms with Crippen molar-refractivity contribution in [3.05, 3.63) is 29.5 Å². The summed E-state index contributed by atoms with van der Waals surface area (Å²) >= 11 is 0. The molecule has 17 heavy (non-hydrogen) atoms. The normalized spacial score (nSPS) is 9.76. The average molecular weight is 227 g/mol. The minimum Gasteiger partial charge on any atom is -0.345 e. The van der Waals surface area contributed by atoms with E-state index in [0.29, 0.717) is 6.54 Å². The zero-order valence-corrected chi connectivity index (χ0v) is 9.79. The largest absolute Gasteiger partial charge is 0.345 e. The Bertz CT molecular complexity index is 616. The molecule has 0 aliphatic heterocycles. The number of hydrogen-bond acceptors (Lipinski definition) is 2. The van der Waals surface area contributed by atoms with Crippen molar-refractivity contribution in [1.29, 1.82) is 0 Å². The van der Waals surface area contributed by atoms with E-state index in [9.17, 15) is 4.79 Å². The molecule has 0 aliphatic carbocycles. The van der Waals surface area contributed by atoms with Gasteiger partial charge in [0.15, 0.2) is 0 Å². The summed E-state index contributed by atoms with van der Waals surface area (Å²) in [4.78, 5) is 10.7. The molecule has 1 amide bonds. The van der Waals surface area contributed by atoms with Crippen molar-refractivity contribution in [3.63, 3.8) is 0 Å². The summed E-state index contributed by atoms with van der Waals surface area (Å²) < 4.78 is 0. The maximum absolute atomic E-state index is 10.7. The van der Waals surface area contributed by atoms with Gasteiger partial charge in [-0.3, -0.25) is 9.89 Å². The van der Waals surface area contributed by atoms with Gasteiger partial charge >= 0.3 is 0 Å². The molecule has 2 N–H and O–H groups in total. The van der Waals surface area contributed by atoms with Gasteiger partial charge in [0.1, 0.15) is 0 Å². The van der Waals surface area contributed by atoms with E-state index in [4.69, 9.17) is 0 Å². The van der Waals surface area contributed by atoms with E-state index in [0.717, 1.165) is 22.0 Å². The van der Waals surface area contributed by atoms with Crippen LogP contribution in [0.15, 0.2) is 18.3 Å². The van der Waals surface area contributed by atoms with Gasteiger partial charge in [0.05, 0.1) is 18.3 Å². The lowest BCUT2D eigenvalue weighted by Crippen LogP contribution is -2.19. The molecule has 0 spiro atoms. The van der Waals surface area contributed by atoms with E-state index in [-0.39, 0.29) is 5.91 Å². The molecule has 0 atom stereocenters. The summed E-state index contributed by atoms with van der Waals surface area (Å²) in [5.74, 6) is 5.89. The lowest BCUT2D eigenvalue weighted by molar-refractivity contribution is -0.118. The minimum absolute atomic E-state index is 0.0682. The van der Waals surface area contributed by atoms with Crippen LogP contribution in [0, 0.1) is 18.8 Å². The predicted molar refractivity (Wildman–Crippen MR) is 66.4 cm³/mol. The molecule has 4 heteroatoms. The number of fused-ring (bicyclic) bond motifs is 1. The number of hydrogen-bond donors (Lipinski definition) is 2. The van der Waals surface area contributed by atoms with E-state index < -0.39 is 0 Å². The first-order valence-electron chi connectivity index (χ1n) is 5.34. The second kappa shape index (κ2) is 4.71. The Morgan fingerprint density at radius 3 is 3.12 bits per heavy atom. The quantitative estimate of drug-likeness (QED) is 0.723. The lowest BCUT2D eigenvalue weighted by atomic mass is 10.1. The number of benzene rings is 1. The number of aromatic nitrogens is 2. The fourth-order valence-electron chi connectivity index (χ4n) is 1.54. The first-order chi connectivity index (χ1) is 8.16. The number of aryl methyl sites for hydroxylation is 1. The third-order valence-corrected chi connectivity index (χ3v) is 2.43. The van der Waals surface area contributed by atoms with Crippen molar-refractivity contribution in [1.82, 2.24) is 15.5 Å². The van der Waals surface area contributed by atoms with Crippen molar-refractivity contribution in [3.8, 4) is 11.8 Å². The molecule has 1 aromatic carbocycles. The fraction of sp³-hybridized carbons (Fsp3) is 0.231. The van der Waals surface area contributed by atoms with E-state index >= 15 is 0 Å². The highest BCUT2D eigenvalue weighted by Crippen LogP contribution is 2.16. The molecule has 1 aromatic heterocycles. The highest BCUT2D eigenvalue weighted by atomic mass is 16.1. The molecule has 2 rings (SSSR count). The second-order valence-corrected chi connectivity index (χ2v) is 3.84. The van der Waals surface area contributed by atoms with Gasteiger partial charge in [0.2, 0.25) is 5.91 Å². The Morgan fingerprint density at radius 1 is 1.53 bits per heavy atom. The van der Waals surface area contributed by atoms with E-state index in [2.05, 4.69) is 27.4 Å². The molecule has 0 saturated heterocycles. The highest BCUT2D eigenvalue weighted by molar-refractivity contribution is 5.80. The van der Waals surface area contributed by atoms with Crippen LogP contribution in [-0.4, -0.2) is 22.6 Å². The number of nitrogens with zero attached hydrogens (tertiary/aromatic N) is 1. The van der Waals surface area contributed by atoms with Gasteiger partial charge in [-0.25, -0.2) is 0 Å². The Balaban J connectivity index is 2.22. The Morgan fingerprint density at radius 2 is 2.35 bits per heavy atom. The highest BCUT2D eigenvalue weighted by Gasteiger charge is 2.00. The first kappa shape index (κ1) is 11.2. The summed E-state index contributed by atoms with van der Waals surface area (Å²) in [6, 6.07) is 4.01. The number of amides is 1. The Hall–Kier alpha value is -2.28. The second-order valence-electron chi connectivity index (χ2n) is 3.84. The van der Waals surface area contributed by atoms with Crippen LogP contribution < -0.4 is 5.32 Å². The van der Waals surface area contributed by atoms with Crippen molar-refractivity contribution in [2.24, 2.45) is 0 Å². The summed E-state index contributed by atoms with van der Waals surface area (Å²) in [5, 5.41) is 10.6. The van der Waals surface area contributed by atoms with Crippen LogP contribution in [0.25, 0.3) is 10.9 Å². The monoisotopic (exact) mass is 227 g/mol. The van der Waals surface area contributed by atoms with E-state index in [1.54, 1.807) is 6.20 Å². The van der Waals surface area contributed by atoms with Gasteiger partial charge in [-0.1, -0.05) is 11.8 Å². The first-order valence-corrected chi connectivity index (χ1v) is 5.34. The molecular weight excluding hydrogens is 214 g/mol. The molecule has 0 unspecified atom stereocenters. The van der Waals surface area contributed by atoms with E-state index in [1.165, 1.54) is 6.92 Å². The van der Waals surface area contributed by atoms with Gasteiger partial charge in [-0.05, 0) is 24.6 Å². The maximum Gasteiger partial charge on any atom is 0.217 e. The number of carbonyl (C=O) groups excluding carboxylic acids is 1. The average Bonchev–Trinajstić information content (AvgIpc) is 2.71. The minimum atomic E-state index is -0.0682. The molecule has 0 bridgehead atoms. The molecule has 0 radical (unpaired) electrons. The van der Waals surface area contributed by atoms with Gasteiger partial charge in [0.25, 0.3) is 0 Å². The third kappa shape index (κ3) is 2.64. The smallest absolute Gasteiger partial charge is 0.217 e. The standard InChI is InChI=1S/C13H13N3O/c1-9-6-13-12(8-15-16-13)7-11(9)4-3-5-14-10(2)17/h6-8H,5H2,1-2H3,(H,14,17)(H,15,16).